The Hall–Kier alpha value is -6.75. The Morgan fingerprint density at radius 3 is 1.16 bits per heavy atom. The lowest BCUT2D eigenvalue weighted by Crippen LogP contribution is -2.30. The van der Waals surface area contributed by atoms with Crippen LogP contribution in [-0.4, -0.2) is 68.8 Å². The SMILES string of the molecule is CC(C)(C)CC(COc1ccccc1)C(C)(C)C.CC(C)(C)CCOC(=O)c1ccccc1C(=O)OCCC(C)(C)C.CC(C)(C)CCOc1ccc(C(=O)c2ccccc2)c(C(C)(C)C)c1.CC(CC(C)(C)C)OC(=O)c1ccccc1C(=O)OCC(C)C(C)(C)C. The molecule has 0 aliphatic heterocycles. The normalized spacial score (nSPS) is 13.1. The molecular formula is C82H122O11. The summed E-state index contributed by atoms with van der Waals surface area (Å²) in [6.45, 7) is 58.3. The molecule has 3 unspecified atom stereocenters. The summed E-state index contributed by atoms with van der Waals surface area (Å²) in [7, 11) is 0. The third kappa shape index (κ3) is 34.3. The quantitative estimate of drug-likeness (QED) is 0.0394. The first-order chi connectivity index (χ1) is 42.6. The van der Waals surface area contributed by atoms with E-state index in [1.54, 1.807) is 48.5 Å². The largest absolute Gasteiger partial charge is 0.494 e. The molecule has 0 aromatic heterocycles. The number of ketones is 1. The monoisotopic (exact) mass is 1280 g/mol. The van der Waals surface area contributed by atoms with Gasteiger partial charge in [-0.2, -0.15) is 0 Å². The number of rotatable bonds is 21. The molecule has 11 heteroatoms. The Balaban J connectivity index is 0.000000426. The molecule has 0 saturated carbocycles. The van der Waals surface area contributed by atoms with Gasteiger partial charge in [-0.1, -0.05) is 246 Å². The highest BCUT2D eigenvalue weighted by Gasteiger charge is 2.31. The highest BCUT2D eigenvalue weighted by atomic mass is 16.6. The van der Waals surface area contributed by atoms with Crippen molar-refractivity contribution in [3.63, 3.8) is 0 Å². The summed E-state index contributed by atoms with van der Waals surface area (Å²) < 4.78 is 33.5. The fraction of sp³-hybridized carbons (Fsp3) is 0.573. The van der Waals surface area contributed by atoms with Crippen LogP contribution >= 0.6 is 0 Å². The minimum atomic E-state index is -0.489. The molecule has 0 bridgehead atoms. The van der Waals surface area contributed by atoms with E-state index in [1.807, 2.05) is 92.7 Å². The first kappa shape index (κ1) is 82.3. The Morgan fingerprint density at radius 1 is 0.366 bits per heavy atom. The molecule has 3 atom stereocenters. The van der Waals surface area contributed by atoms with Crippen molar-refractivity contribution in [3.05, 3.63) is 166 Å². The van der Waals surface area contributed by atoms with Crippen molar-refractivity contribution < 1.29 is 52.4 Å². The Morgan fingerprint density at radius 2 is 0.763 bits per heavy atom. The highest BCUT2D eigenvalue weighted by molar-refractivity contribution is 6.10. The fourth-order valence-corrected chi connectivity index (χ4v) is 9.13. The topological polar surface area (TPSA) is 141 Å². The number of carbonyl (C=O) groups excluding carboxylic acids is 5. The van der Waals surface area contributed by atoms with Crippen LogP contribution in [0.3, 0.4) is 0 Å². The predicted octanol–water partition coefficient (Wildman–Crippen LogP) is 21.6. The second-order valence-electron chi connectivity index (χ2n) is 34.1. The number of esters is 4. The first-order valence-corrected chi connectivity index (χ1v) is 33.5. The van der Waals surface area contributed by atoms with Crippen molar-refractivity contribution in [1.82, 2.24) is 0 Å². The van der Waals surface area contributed by atoms with Crippen LogP contribution in [0.2, 0.25) is 0 Å². The maximum absolute atomic E-state index is 12.9. The van der Waals surface area contributed by atoms with Gasteiger partial charge in [0, 0.05) is 11.1 Å². The molecule has 11 nitrogen and oxygen atoms in total. The van der Waals surface area contributed by atoms with Crippen molar-refractivity contribution in [2.24, 2.45) is 49.7 Å². The number of benzene rings is 5. The number of hydrogen-bond donors (Lipinski definition) is 0. The van der Waals surface area contributed by atoms with Gasteiger partial charge in [0.05, 0.1) is 61.4 Å². The van der Waals surface area contributed by atoms with E-state index in [2.05, 4.69) is 166 Å². The van der Waals surface area contributed by atoms with Crippen LogP contribution in [0.15, 0.2) is 127 Å². The van der Waals surface area contributed by atoms with E-state index in [4.69, 9.17) is 28.4 Å². The van der Waals surface area contributed by atoms with Crippen molar-refractivity contribution in [2.75, 3.05) is 33.0 Å². The number of carbonyl (C=O) groups is 5. The van der Waals surface area contributed by atoms with Gasteiger partial charge in [-0.25, -0.2) is 19.2 Å². The van der Waals surface area contributed by atoms with Crippen LogP contribution < -0.4 is 9.47 Å². The molecule has 516 valence electrons. The van der Waals surface area contributed by atoms with E-state index in [-0.39, 0.29) is 78.0 Å². The van der Waals surface area contributed by atoms with Gasteiger partial charge >= 0.3 is 23.9 Å². The average Bonchev–Trinajstić information content (AvgIpc) is 0.905. The lowest BCUT2D eigenvalue weighted by atomic mass is 9.72. The molecular weight excluding hydrogens is 1160 g/mol. The summed E-state index contributed by atoms with van der Waals surface area (Å²) >= 11 is 0. The number of hydrogen-bond acceptors (Lipinski definition) is 11. The molecule has 0 amide bonds. The van der Waals surface area contributed by atoms with Gasteiger partial charge in [0.2, 0.25) is 0 Å². The van der Waals surface area contributed by atoms with Crippen molar-refractivity contribution in [3.8, 4) is 11.5 Å². The molecule has 0 heterocycles. The molecule has 0 fully saturated rings. The maximum atomic E-state index is 12.9. The lowest BCUT2D eigenvalue weighted by molar-refractivity contribution is 0.0234. The van der Waals surface area contributed by atoms with Crippen LogP contribution in [0.25, 0.3) is 0 Å². The number of para-hydroxylation sites is 1. The van der Waals surface area contributed by atoms with Crippen LogP contribution in [0.5, 0.6) is 11.5 Å². The Kier molecular flexibility index (Phi) is 32.1. The Bertz CT molecular complexity index is 3010. The van der Waals surface area contributed by atoms with Gasteiger partial charge in [0.15, 0.2) is 5.78 Å². The molecule has 0 spiro atoms. The van der Waals surface area contributed by atoms with Gasteiger partial charge in [0.25, 0.3) is 0 Å². The molecule has 0 radical (unpaired) electrons. The van der Waals surface area contributed by atoms with Crippen molar-refractivity contribution in [1.29, 1.82) is 0 Å². The zero-order chi connectivity index (χ0) is 71.0. The minimum Gasteiger partial charge on any atom is -0.494 e. The summed E-state index contributed by atoms with van der Waals surface area (Å²) in [4.78, 5) is 62.5. The van der Waals surface area contributed by atoms with E-state index in [0.29, 0.717) is 37.8 Å². The maximum Gasteiger partial charge on any atom is 0.339 e. The zero-order valence-electron chi connectivity index (χ0n) is 62.4. The predicted molar refractivity (Wildman–Crippen MR) is 383 cm³/mol. The standard InChI is InChI=1S/C23H30O2.C22H34O4.C20H30O4.C17H28O/c1-22(2,3)14-15-25-18-12-13-19(20(16-18)23(4,5)6)21(24)17-10-8-7-9-11-17;1-15(22(6,7)8)14-25-19(23)17-11-9-10-12-18(17)20(24)26-16(2)13-21(3,4)5;1-19(2,3)11-13-23-17(21)15-9-7-8-10-16(15)18(22)24-14-12-20(4,5)6;1-16(2,3)12-14(17(4,5)6)13-18-15-10-8-7-9-11-15/h7-13,16H,14-15H2,1-6H3;9-12,15-16H,13-14H2,1-8H3;7-10H,11-14H2,1-6H3;7-11,14H,12-13H2,1-6H3. The van der Waals surface area contributed by atoms with Gasteiger partial charge in [-0.15, -0.1) is 0 Å². The molecule has 93 heavy (non-hydrogen) atoms. The molecule has 0 aliphatic rings. The molecule has 0 aliphatic carbocycles. The third-order valence-electron chi connectivity index (χ3n) is 15.5. The van der Waals surface area contributed by atoms with Crippen LogP contribution in [0.4, 0.5) is 0 Å². The molecule has 5 rings (SSSR count). The van der Waals surface area contributed by atoms with Gasteiger partial charge < -0.3 is 28.4 Å². The van der Waals surface area contributed by atoms with E-state index in [0.717, 1.165) is 60.5 Å². The van der Waals surface area contributed by atoms with E-state index in [9.17, 15) is 24.0 Å². The summed E-state index contributed by atoms with van der Waals surface area (Å²) in [5.41, 5.74) is 4.52. The van der Waals surface area contributed by atoms with E-state index in [1.165, 1.54) is 6.42 Å². The summed E-state index contributed by atoms with van der Waals surface area (Å²) in [5.74, 6) is 0.696. The minimum absolute atomic E-state index is 0.0428. The van der Waals surface area contributed by atoms with Gasteiger partial charge in [-0.05, 0) is 154 Å². The van der Waals surface area contributed by atoms with Crippen LogP contribution in [0, 0.1) is 49.7 Å². The fourth-order valence-electron chi connectivity index (χ4n) is 9.13. The van der Waals surface area contributed by atoms with Gasteiger partial charge in [-0.3, -0.25) is 4.79 Å². The average molecular weight is 1280 g/mol. The van der Waals surface area contributed by atoms with Crippen LogP contribution in [0.1, 0.15) is 275 Å². The summed E-state index contributed by atoms with van der Waals surface area (Å²) in [5, 5.41) is 0. The summed E-state index contributed by atoms with van der Waals surface area (Å²) in [6.07, 6.45) is 4.21. The molecule has 0 saturated heterocycles. The Labute approximate surface area is 563 Å². The lowest BCUT2D eigenvalue weighted by Gasteiger charge is -2.35. The second-order valence-corrected chi connectivity index (χ2v) is 34.1. The van der Waals surface area contributed by atoms with Crippen molar-refractivity contribution >= 4 is 29.7 Å². The molecule has 0 N–H and O–H groups in total. The molecule has 5 aromatic rings. The third-order valence-corrected chi connectivity index (χ3v) is 15.5. The molecule has 5 aromatic carbocycles. The van der Waals surface area contributed by atoms with Crippen LogP contribution in [-0.2, 0) is 24.4 Å². The second kappa shape index (κ2) is 36.2. The highest BCUT2D eigenvalue weighted by Crippen LogP contribution is 2.37. The first-order valence-electron chi connectivity index (χ1n) is 33.5. The van der Waals surface area contributed by atoms with Gasteiger partial charge in [0.1, 0.15) is 11.5 Å². The smallest absolute Gasteiger partial charge is 0.339 e. The zero-order valence-corrected chi connectivity index (χ0v) is 62.4. The number of ether oxygens (including phenoxy) is 6. The van der Waals surface area contributed by atoms with Crippen molar-refractivity contribution in [2.45, 2.75) is 224 Å². The van der Waals surface area contributed by atoms with E-state index >= 15 is 0 Å². The summed E-state index contributed by atoms with van der Waals surface area (Å²) in [6, 6.07) is 38.7. The van der Waals surface area contributed by atoms with E-state index < -0.39 is 23.9 Å².